The van der Waals surface area contributed by atoms with Crippen molar-refractivity contribution in [3.63, 3.8) is 0 Å². The summed E-state index contributed by atoms with van der Waals surface area (Å²) in [5.74, 6) is 0.168. The Bertz CT molecular complexity index is 785. The summed E-state index contributed by atoms with van der Waals surface area (Å²) >= 11 is 0. The number of aromatic amines is 1. The number of aryl methyl sites for hydroxylation is 2. The van der Waals surface area contributed by atoms with Gasteiger partial charge in [0, 0.05) is 18.8 Å². The van der Waals surface area contributed by atoms with Gasteiger partial charge < -0.3 is 4.90 Å². The van der Waals surface area contributed by atoms with Crippen LogP contribution in [0.25, 0.3) is 0 Å². The summed E-state index contributed by atoms with van der Waals surface area (Å²) in [6.07, 6.45) is 0.748. The van der Waals surface area contributed by atoms with Crippen LogP contribution in [-0.2, 0) is 19.0 Å². The lowest BCUT2D eigenvalue weighted by Crippen LogP contribution is -2.40. The van der Waals surface area contributed by atoms with Crippen LogP contribution < -0.4 is 0 Å². The Labute approximate surface area is 156 Å². The van der Waals surface area contributed by atoms with Crippen molar-refractivity contribution in [2.75, 3.05) is 13.1 Å². The van der Waals surface area contributed by atoms with Crippen LogP contribution in [0.1, 0.15) is 53.4 Å². The highest BCUT2D eigenvalue weighted by Crippen LogP contribution is 2.33. The minimum atomic E-state index is -4.33. The number of hydrogen-bond acceptors (Lipinski definition) is 2. The van der Waals surface area contributed by atoms with E-state index in [1.807, 2.05) is 11.8 Å². The molecular weight excluding hydrogens is 355 g/mol. The van der Waals surface area contributed by atoms with Crippen LogP contribution in [0.3, 0.4) is 0 Å². The van der Waals surface area contributed by atoms with Gasteiger partial charge in [-0.05, 0) is 49.7 Å². The van der Waals surface area contributed by atoms with Crippen molar-refractivity contribution in [3.05, 3.63) is 52.8 Å². The van der Waals surface area contributed by atoms with Crippen LogP contribution in [0, 0.1) is 5.92 Å². The number of halogens is 3. The summed E-state index contributed by atoms with van der Waals surface area (Å²) in [4.78, 5) is 14.6. The molecule has 3 rings (SSSR count). The van der Waals surface area contributed by atoms with Gasteiger partial charge >= 0.3 is 6.18 Å². The van der Waals surface area contributed by atoms with Gasteiger partial charge in [0.1, 0.15) is 0 Å². The van der Waals surface area contributed by atoms with Crippen molar-refractivity contribution >= 4 is 5.91 Å². The zero-order chi connectivity index (χ0) is 19.4. The first kappa shape index (κ1) is 19.5. The average molecular weight is 379 g/mol. The fraction of sp³-hybridized carbons (Fsp3) is 0.500. The third kappa shape index (κ3) is 4.51. The fourth-order valence-corrected chi connectivity index (χ4v) is 3.80. The van der Waals surface area contributed by atoms with Gasteiger partial charge in [-0.3, -0.25) is 9.89 Å². The molecule has 0 saturated carbocycles. The molecule has 1 aliphatic heterocycles. The fourth-order valence-electron chi connectivity index (χ4n) is 3.80. The number of nitrogens with one attached hydrogen (secondary N) is 1. The Morgan fingerprint density at radius 2 is 2.11 bits per heavy atom. The molecule has 4 nitrogen and oxygen atoms in total. The molecule has 1 amide bonds. The van der Waals surface area contributed by atoms with Crippen LogP contribution in [0.5, 0.6) is 0 Å². The summed E-state index contributed by atoms with van der Waals surface area (Å²) in [5.41, 5.74) is 1.19. The van der Waals surface area contributed by atoms with Gasteiger partial charge in [0.15, 0.2) is 0 Å². The molecule has 1 atom stereocenters. The van der Waals surface area contributed by atoms with E-state index in [9.17, 15) is 18.0 Å². The van der Waals surface area contributed by atoms with Crippen molar-refractivity contribution in [1.29, 1.82) is 0 Å². The summed E-state index contributed by atoms with van der Waals surface area (Å²) in [6.45, 7) is 3.23. The maximum Gasteiger partial charge on any atom is 0.416 e. The number of benzene rings is 1. The highest BCUT2D eigenvalue weighted by atomic mass is 19.4. The molecule has 27 heavy (non-hydrogen) atoms. The Hall–Kier alpha value is -2.31. The second-order valence-electron chi connectivity index (χ2n) is 7.07. The lowest BCUT2D eigenvalue weighted by atomic mass is 9.90. The molecule has 1 N–H and O–H groups in total. The number of nitrogens with zero attached hydrogens (tertiary/aromatic N) is 2. The van der Waals surface area contributed by atoms with Crippen LogP contribution in [-0.4, -0.2) is 34.1 Å². The molecule has 146 valence electrons. The molecule has 0 spiro atoms. The minimum Gasteiger partial charge on any atom is -0.338 e. The number of piperidine rings is 1. The Morgan fingerprint density at radius 1 is 1.33 bits per heavy atom. The molecule has 7 heteroatoms. The van der Waals surface area contributed by atoms with E-state index in [4.69, 9.17) is 0 Å². The summed E-state index contributed by atoms with van der Waals surface area (Å²) in [7, 11) is 0. The van der Waals surface area contributed by atoms with Gasteiger partial charge in [0.05, 0.1) is 17.3 Å². The van der Waals surface area contributed by atoms with Crippen molar-refractivity contribution < 1.29 is 18.0 Å². The van der Waals surface area contributed by atoms with Crippen molar-refractivity contribution in [3.8, 4) is 0 Å². The van der Waals surface area contributed by atoms with E-state index in [-0.39, 0.29) is 11.8 Å². The monoisotopic (exact) mass is 379 g/mol. The van der Waals surface area contributed by atoms with Gasteiger partial charge in [-0.15, -0.1) is 0 Å². The number of H-pyrrole nitrogens is 1. The van der Waals surface area contributed by atoms with E-state index in [0.29, 0.717) is 43.5 Å². The van der Waals surface area contributed by atoms with Gasteiger partial charge in [-0.25, -0.2) is 0 Å². The summed E-state index contributed by atoms with van der Waals surface area (Å²) in [6, 6.07) is 5.75. The Balaban J connectivity index is 1.64. The summed E-state index contributed by atoms with van der Waals surface area (Å²) in [5, 5.41) is 6.81. The standard InChI is InChI=1S/C20H24F3N3O/c1-2-18-16(12-24-25-18)19(27)26-11-5-6-14(13-26)9-10-15-7-3-4-8-17(15)20(21,22)23/h3-4,7-8,12,14H,2,5-6,9-11,13H2,1H3,(H,24,25)/t14-/m0/s1. The largest absolute Gasteiger partial charge is 0.416 e. The third-order valence-corrected chi connectivity index (χ3v) is 5.25. The molecule has 1 aliphatic rings. The quantitative estimate of drug-likeness (QED) is 0.833. The van der Waals surface area contributed by atoms with E-state index >= 15 is 0 Å². The number of hydrogen-bond donors (Lipinski definition) is 1. The first-order valence-electron chi connectivity index (χ1n) is 9.36. The van der Waals surface area contributed by atoms with Crippen LogP contribution in [0.15, 0.2) is 30.5 Å². The number of rotatable bonds is 5. The topological polar surface area (TPSA) is 49.0 Å². The van der Waals surface area contributed by atoms with Crippen LogP contribution >= 0.6 is 0 Å². The average Bonchev–Trinajstić information content (AvgIpc) is 3.14. The molecule has 1 aromatic carbocycles. The predicted molar refractivity (Wildman–Crippen MR) is 96.4 cm³/mol. The lowest BCUT2D eigenvalue weighted by Gasteiger charge is -2.33. The van der Waals surface area contributed by atoms with Crippen molar-refractivity contribution in [1.82, 2.24) is 15.1 Å². The Kier molecular flexibility index (Phi) is 5.87. The van der Waals surface area contributed by atoms with E-state index < -0.39 is 11.7 Å². The molecule has 0 radical (unpaired) electrons. The third-order valence-electron chi connectivity index (χ3n) is 5.25. The zero-order valence-corrected chi connectivity index (χ0v) is 15.4. The maximum atomic E-state index is 13.1. The molecule has 2 heterocycles. The molecular formula is C20H24F3N3O. The zero-order valence-electron chi connectivity index (χ0n) is 15.4. The molecule has 0 unspecified atom stereocenters. The minimum absolute atomic E-state index is 0.0407. The number of alkyl halides is 3. The second kappa shape index (κ2) is 8.15. The number of aromatic nitrogens is 2. The predicted octanol–water partition coefficient (Wildman–Crippen LogP) is 4.48. The smallest absolute Gasteiger partial charge is 0.338 e. The molecule has 0 aliphatic carbocycles. The van der Waals surface area contributed by atoms with Gasteiger partial charge in [0.2, 0.25) is 0 Å². The van der Waals surface area contributed by atoms with E-state index in [0.717, 1.165) is 24.6 Å². The number of carbonyl (C=O) groups excluding carboxylic acids is 1. The molecule has 2 aromatic rings. The highest BCUT2D eigenvalue weighted by Gasteiger charge is 2.33. The first-order valence-corrected chi connectivity index (χ1v) is 9.36. The van der Waals surface area contributed by atoms with Gasteiger partial charge in [-0.1, -0.05) is 25.1 Å². The number of likely N-dealkylation sites (tertiary alicyclic amines) is 1. The van der Waals surface area contributed by atoms with E-state index in [1.165, 1.54) is 6.07 Å². The van der Waals surface area contributed by atoms with Gasteiger partial charge in [-0.2, -0.15) is 18.3 Å². The first-order chi connectivity index (χ1) is 12.9. The maximum absolute atomic E-state index is 13.1. The highest BCUT2D eigenvalue weighted by molar-refractivity contribution is 5.95. The molecule has 1 fully saturated rings. The van der Waals surface area contributed by atoms with Gasteiger partial charge in [0.25, 0.3) is 5.91 Å². The van der Waals surface area contributed by atoms with Crippen molar-refractivity contribution in [2.45, 2.75) is 45.2 Å². The SMILES string of the molecule is CCc1[nH]ncc1C(=O)N1CCC[C@@H](CCc2ccccc2C(F)(F)F)C1. The van der Waals surface area contributed by atoms with Crippen molar-refractivity contribution in [2.24, 2.45) is 5.92 Å². The second-order valence-corrected chi connectivity index (χ2v) is 7.07. The number of carbonyl (C=O) groups is 1. The van der Waals surface area contributed by atoms with E-state index in [2.05, 4.69) is 10.2 Å². The molecule has 1 aromatic heterocycles. The number of amides is 1. The normalized spacial score (nSPS) is 17.9. The Morgan fingerprint density at radius 3 is 2.85 bits per heavy atom. The summed E-state index contributed by atoms with van der Waals surface area (Å²) < 4.78 is 39.4. The van der Waals surface area contributed by atoms with Crippen LogP contribution in [0.2, 0.25) is 0 Å². The lowest BCUT2D eigenvalue weighted by molar-refractivity contribution is -0.138. The van der Waals surface area contributed by atoms with Crippen LogP contribution in [0.4, 0.5) is 13.2 Å². The molecule has 1 saturated heterocycles. The van der Waals surface area contributed by atoms with E-state index in [1.54, 1.807) is 18.3 Å². The molecule has 0 bridgehead atoms.